The van der Waals surface area contributed by atoms with Gasteiger partial charge in [-0.1, -0.05) is 0 Å². The molecule has 9 nitrogen and oxygen atoms in total. The molecular weight excluding hydrogens is 310 g/mol. The molecule has 1 aliphatic heterocycles. The van der Waals surface area contributed by atoms with Crippen LogP contribution in [-0.2, 0) is 13.1 Å². The summed E-state index contributed by atoms with van der Waals surface area (Å²) in [5.41, 5.74) is 0. The lowest BCUT2D eigenvalue weighted by Crippen LogP contribution is -2.38. The van der Waals surface area contributed by atoms with Gasteiger partial charge in [-0.2, -0.15) is 4.98 Å². The zero-order chi connectivity index (χ0) is 17.3. The van der Waals surface area contributed by atoms with E-state index in [0.29, 0.717) is 43.8 Å². The highest BCUT2D eigenvalue weighted by atomic mass is 16.5. The summed E-state index contributed by atoms with van der Waals surface area (Å²) in [6, 6.07) is 1.79. The number of fused-ring (bicyclic) bond motifs is 1. The van der Waals surface area contributed by atoms with Crippen molar-refractivity contribution in [2.45, 2.75) is 26.9 Å². The third-order valence-corrected chi connectivity index (χ3v) is 3.89. The van der Waals surface area contributed by atoms with E-state index in [1.807, 2.05) is 30.4 Å². The van der Waals surface area contributed by atoms with Crippen LogP contribution in [0.4, 0.5) is 5.82 Å². The fourth-order valence-corrected chi connectivity index (χ4v) is 2.60. The second-order valence-electron chi connectivity index (χ2n) is 5.72. The van der Waals surface area contributed by atoms with Crippen molar-refractivity contribution in [2.75, 3.05) is 32.1 Å². The maximum Gasteiger partial charge on any atom is 0.291 e. The van der Waals surface area contributed by atoms with Crippen LogP contribution in [0, 0.1) is 6.92 Å². The molecule has 0 N–H and O–H groups in total. The van der Waals surface area contributed by atoms with Crippen molar-refractivity contribution in [3.8, 4) is 5.88 Å². The SMILES string of the molecule is CCOc1cc(N(C)Cc2nnc3n2CCN(C)C3=O)nc(C)n1. The summed E-state index contributed by atoms with van der Waals surface area (Å²) in [5.74, 6) is 2.96. The molecule has 0 atom stereocenters. The molecule has 0 fully saturated rings. The van der Waals surface area contributed by atoms with Gasteiger partial charge in [-0.3, -0.25) is 4.79 Å². The molecule has 2 aromatic rings. The van der Waals surface area contributed by atoms with Crippen LogP contribution in [0.15, 0.2) is 6.07 Å². The Kier molecular flexibility index (Phi) is 4.32. The van der Waals surface area contributed by atoms with Gasteiger partial charge in [-0.25, -0.2) is 4.98 Å². The van der Waals surface area contributed by atoms with E-state index in [1.54, 1.807) is 18.0 Å². The smallest absolute Gasteiger partial charge is 0.291 e. The van der Waals surface area contributed by atoms with Gasteiger partial charge in [0.05, 0.1) is 13.2 Å². The van der Waals surface area contributed by atoms with Gasteiger partial charge in [-0.15, -0.1) is 10.2 Å². The number of rotatable bonds is 5. The van der Waals surface area contributed by atoms with E-state index < -0.39 is 0 Å². The second-order valence-corrected chi connectivity index (χ2v) is 5.72. The van der Waals surface area contributed by atoms with Crippen LogP contribution in [-0.4, -0.2) is 62.8 Å². The fourth-order valence-electron chi connectivity index (χ4n) is 2.60. The van der Waals surface area contributed by atoms with Gasteiger partial charge in [0.2, 0.25) is 11.7 Å². The predicted octanol–water partition coefficient (Wildman–Crippen LogP) is 0.497. The van der Waals surface area contributed by atoms with Crippen molar-refractivity contribution < 1.29 is 9.53 Å². The Bertz CT molecular complexity index is 758. The number of likely N-dealkylation sites (N-methyl/N-ethyl adjacent to an activating group) is 1. The molecule has 0 bridgehead atoms. The highest BCUT2D eigenvalue weighted by Crippen LogP contribution is 2.19. The van der Waals surface area contributed by atoms with Gasteiger partial charge in [0.15, 0.2) is 5.82 Å². The van der Waals surface area contributed by atoms with E-state index in [1.165, 1.54) is 0 Å². The van der Waals surface area contributed by atoms with Crippen LogP contribution in [0.25, 0.3) is 0 Å². The largest absolute Gasteiger partial charge is 0.478 e. The molecule has 1 amide bonds. The number of ether oxygens (including phenoxy) is 1. The van der Waals surface area contributed by atoms with Crippen LogP contribution in [0.3, 0.4) is 0 Å². The molecule has 0 radical (unpaired) electrons. The molecule has 0 aliphatic carbocycles. The van der Waals surface area contributed by atoms with Crippen molar-refractivity contribution in [1.82, 2.24) is 29.6 Å². The van der Waals surface area contributed by atoms with Crippen LogP contribution in [0.1, 0.15) is 29.2 Å². The summed E-state index contributed by atoms with van der Waals surface area (Å²) < 4.78 is 7.34. The average molecular weight is 331 g/mol. The summed E-state index contributed by atoms with van der Waals surface area (Å²) >= 11 is 0. The van der Waals surface area contributed by atoms with Crippen molar-refractivity contribution >= 4 is 11.7 Å². The Morgan fingerprint density at radius 1 is 1.29 bits per heavy atom. The first kappa shape index (κ1) is 16.2. The van der Waals surface area contributed by atoms with Crippen LogP contribution in [0.5, 0.6) is 5.88 Å². The lowest BCUT2D eigenvalue weighted by Gasteiger charge is -2.25. The number of carbonyl (C=O) groups is 1. The lowest BCUT2D eigenvalue weighted by atomic mass is 10.3. The number of hydrogen-bond acceptors (Lipinski definition) is 7. The fraction of sp³-hybridized carbons (Fsp3) is 0.533. The van der Waals surface area contributed by atoms with E-state index >= 15 is 0 Å². The van der Waals surface area contributed by atoms with E-state index in [-0.39, 0.29) is 5.91 Å². The lowest BCUT2D eigenvalue weighted by molar-refractivity contribution is 0.0740. The number of amides is 1. The van der Waals surface area contributed by atoms with Gasteiger partial charge < -0.3 is 19.1 Å². The molecule has 0 unspecified atom stereocenters. The molecule has 0 saturated heterocycles. The van der Waals surface area contributed by atoms with Gasteiger partial charge >= 0.3 is 0 Å². The molecule has 0 saturated carbocycles. The Labute approximate surface area is 140 Å². The summed E-state index contributed by atoms with van der Waals surface area (Å²) in [5, 5.41) is 8.22. The number of aryl methyl sites for hydroxylation is 1. The predicted molar refractivity (Wildman–Crippen MR) is 87.0 cm³/mol. The quantitative estimate of drug-likeness (QED) is 0.788. The Balaban J connectivity index is 1.82. The average Bonchev–Trinajstić information content (AvgIpc) is 2.94. The molecule has 1 aliphatic rings. The van der Waals surface area contributed by atoms with E-state index in [0.717, 1.165) is 11.6 Å². The zero-order valence-electron chi connectivity index (χ0n) is 14.4. The maximum absolute atomic E-state index is 12.1. The summed E-state index contributed by atoms with van der Waals surface area (Å²) in [6.07, 6.45) is 0. The summed E-state index contributed by atoms with van der Waals surface area (Å²) in [4.78, 5) is 24.4. The number of hydrogen-bond donors (Lipinski definition) is 0. The number of aromatic nitrogens is 5. The molecule has 3 heterocycles. The first-order valence-corrected chi connectivity index (χ1v) is 7.86. The third kappa shape index (κ3) is 3.01. The van der Waals surface area contributed by atoms with Crippen molar-refractivity contribution in [2.24, 2.45) is 0 Å². The zero-order valence-corrected chi connectivity index (χ0v) is 14.4. The van der Waals surface area contributed by atoms with Crippen molar-refractivity contribution in [1.29, 1.82) is 0 Å². The molecule has 24 heavy (non-hydrogen) atoms. The van der Waals surface area contributed by atoms with Crippen LogP contribution < -0.4 is 9.64 Å². The topological polar surface area (TPSA) is 89.3 Å². The molecule has 0 aromatic carbocycles. The normalized spacial score (nSPS) is 13.8. The van der Waals surface area contributed by atoms with Gasteiger partial charge in [0.1, 0.15) is 11.6 Å². The second kappa shape index (κ2) is 6.42. The highest BCUT2D eigenvalue weighted by molar-refractivity contribution is 5.91. The van der Waals surface area contributed by atoms with Gasteiger partial charge in [0, 0.05) is 33.3 Å². The first-order valence-electron chi connectivity index (χ1n) is 7.86. The number of carbonyl (C=O) groups excluding carboxylic acids is 1. The van der Waals surface area contributed by atoms with Gasteiger partial charge in [-0.05, 0) is 13.8 Å². The molecule has 0 spiro atoms. The monoisotopic (exact) mass is 331 g/mol. The molecule has 3 rings (SSSR count). The van der Waals surface area contributed by atoms with Crippen molar-refractivity contribution in [3.63, 3.8) is 0 Å². The summed E-state index contributed by atoms with van der Waals surface area (Å²) in [7, 11) is 3.68. The van der Waals surface area contributed by atoms with Crippen LogP contribution in [0.2, 0.25) is 0 Å². The minimum absolute atomic E-state index is 0.0980. The van der Waals surface area contributed by atoms with E-state index in [2.05, 4.69) is 20.2 Å². The highest BCUT2D eigenvalue weighted by Gasteiger charge is 2.27. The Morgan fingerprint density at radius 3 is 2.83 bits per heavy atom. The van der Waals surface area contributed by atoms with Crippen LogP contribution >= 0.6 is 0 Å². The molecule has 128 valence electrons. The van der Waals surface area contributed by atoms with Crippen molar-refractivity contribution in [3.05, 3.63) is 23.5 Å². The standard InChI is InChI=1S/C15H21N7O2/c1-5-24-13-8-11(16-10(2)17-13)21(4)9-12-18-19-14-15(23)20(3)6-7-22(12)14/h8H,5-7,9H2,1-4H3. The molecular formula is C15H21N7O2. The number of nitrogens with zero attached hydrogens (tertiary/aromatic N) is 7. The number of anilines is 1. The van der Waals surface area contributed by atoms with E-state index in [4.69, 9.17) is 4.74 Å². The molecule has 9 heteroatoms. The van der Waals surface area contributed by atoms with E-state index in [9.17, 15) is 4.79 Å². The third-order valence-electron chi connectivity index (χ3n) is 3.89. The Morgan fingerprint density at radius 2 is 2.08 bits per heavy atom. The minimum Gasteiger partial charge on any atom is -0.478 e. The molecule has 2 aromatic heterocycles. The first-order chi connectivity index (χ1) is 11.5. The van der Waals surface area contributed by atoms with Gasteiger partial charge in [0.25, 0.3) is 5.91 Å². The minimum atomic E-state index is -0.0980. The summed E-state index contributed by atoms with van der Waals surface area (Å²) in [6.45, 7) is 6.13. The Hall–Kier alpha value is -2.71. The maximum atomic E-state index is 12.1.